The SMILES string of the molecule is O=C([O-])OC(=O)OC(=O)OC(=O)[O-].O=C([O-])OC(=O)OC(=O)OC(=O)[O-].[Zr+4]. The third kappa shape index (κ3) is 22.2. The monoisotopic (exact) mass is 474 g/mol. The molecule has 0 aliphatic rings. The van der Waals surface area contributed by atoms with Crippen LogP contribution in [-0.4, -0.2) is 49.2 Å². The van der Waals surface area contributed by atoms with Gasteiger partial charge in [0.15, 0.2) is 0 Å². The van der Waals surface area contributed by atoms with Gasteiger partial charge in [-0.05, 0) is 0 Å². The molecule has 0 bridgehead atoms. The van der Waals surface area contributed by atoms with E-state index >= 15 is 0 Å². The van der Waals surface area contributed by atoms with Crippen LogP contribution in [0, 0.1) is 0 Å². The zero-order valence-electron chi connectivity index (χ0n) is 11.8. The van der Waals surface area contributed by atoms with E-state index in [1.807, 2.05) is 0 Å². The van der Waals surface area contributed by atoms with Crippen molar-refractivity contribution in [3.05, 3.63) is 0 Å². The molecule has 0 aliphatic carbocycles. The molecular formula is C8O18Zr. The van der Waals surface area contributed by atoms with Crippen LogP contribution in [0.5, 0.6) is 0 Å². The van der Waals surface area contributed by atoms with Crippen molar-refractivity contribution >= 4 is 49.2 Å². The zero-order valence-corrected chi connectivity index (χ0v) is 14.3. The largest absolute Gasteiger partial charge is 4.00 e. The van der Waals surface area contributed by atoms with E-state index < -0.39 is 49.2 Å². The van der Waals surface area contributed by atoms with E-state index in [1.54, 1.807) is 0 Å². The van der Waals surface area contributed by atoms with Gasteiger partial charge in [0, 0.05) is 0 Å². The first kappa shape index (κ1) is 28.1. The molecule has 144 valence electrons. The van der Waals surface area contributed by atoms with Gasteiger partial charge in [0.1, 0.15) is 0 Å². The van der Waals surface area contributed by atoms with Crippen LogP contribution in [0.4, 0.5) is 38.4 Å². The Bertz CT molecular complexity index is 513. The summed E-state index contributed by atoms with van der Waals surface area (Å²) in [5.74, 6) is 0. The molecule has 0 unspecified atom stereocenters. The normalized spacial score (nSPS) is 8.00. The summed E-state index contributed by atoms with van der Waals surface area (Å²) < 4.78 is 19.1. The van der Waals surface area contributed by atoms with Gasteiger partial charge in [-0.3, -0.25) is 0 Å². The quantitative estimate of drug-likeness (QED) is 0.183. The van der Waals surface area contributed by atoms with Crippen LogP contribution < -0.4 is 20.4 Å². The molecule has 0 N–H and O–H groups in total. The number of carbonyl (C=O) groups excluding carboxylic acids is 8. The first-order chi connectivity index (χ1) is 11.8. The maximum absolute atomic E-state index is 10.1. The second-order valence-corrected chi connectivity index (χ2v) is 2.61. The van der Waals surface area contributed by atoms with Crippen LogP contribution >= 0.6 is 0 Å². The van der Waals surface area contributed by atoms with Gasteiger partial charge in [0.25, 0.3) is 24.6 Å². The van der Waals surface area contributed by atoms with Crippen molar-refractivity contribution in [2.75, 3.05) is 0 Å². The Balaban J connectivity index is -0.000000411. The summed E-state index contributed by atoms with van der Waals surface area (Å²) in [6, 6.07) is 0. The van der Waals surface area contributed by atoms with Crippen molar-refractivity contribution in [3.8, 4) is 0 Å². The van der Waals surface area contributed by atoms with Gasteiger partial charge in [-0.15, -0.1) is 0 Å². The summed E-state index contributed by atoms with van der Waals surface area (Å²) in [7, 11) is 0. The van der Waals surface area contributed by atoms with Crippen molar-refractivity contribution in [3.63, 3.8) is 0 Å². The van der Waals surface area contributed by atoms with Gasteiger partial charge in [-0.25, -0.2) is 19.2 Å². The molecule has 0 aromatic carbocycles. The molecule has 0 aromatic rings. The van der Waals surface area contributed by atoms with Gasteiger partial charge in [0.2, 0.25) is 0 Å². The Morgan fingerprint density at radius 3 is 0.630 bits per heavy atom. The van der Waals surface area contributed by atoms with E-state index in [4.69, 9.17) is 0 Å². The molecule has 18 nitrogen and oxygen atoms in total. The minimum absolute atomic E-state index is 0. The molecule has 0 fully saturated rings. The van der Waals surface area contributed by atoms with Gasteiger partial charge in [-0.2, -0.15) is 0 Å². The Hall–Kier alpha value is -3.76. The molecule has 27 heavy (non-hydrogen) atoms. The van der Waals surface area contributed by atoms with Crippen LogP contribution in [0.1, 0.15) is 0 Å². The molecule has 0 amide bonds. The van der Waals surface area contributed by atoms with Crippen LogP contribution in [0.25, 0.3) is 0 Å². The van der Waals surface area contributed by atoms with Crippen LogP contribution in [0.15, 0.2) is 0 Å². The smallest absolute Gasteiger partial charge is 0.452 e. The van der Waals surface area contributed by atoms with E-state index in [2.05, 4.69) is 28.4 Å². The molecular weight excluding hydrogens is 475 g/mol. The predicted octanol–water partition coefficient (Wildman–Crippen LogP) is -4.08. The number of hydrogen-bond donors (Lipinski definition) is 0. The maximum Gasteiger partial charge on any atom is 4.00 e. The number of ether oxygens (including phenoxy) is 6. The van der Waals surface area contributed by atoms with Crippen LogP contribution in [0.3, 0.4) is 0 Å². The van der Waals surface area contributed by atoms with E-state index in [0.717, 1.165) is 0 Å². The van der Waals surface area contributed by atoms with Crippen molar-refractivity contribution in [2.45, 2.75) is 0 Å². The van der Waals surface area contributed by atoms with Gasteiger partial charge >= 0.3 is 50.8 Å². The van der Waals surface area contributed by atoms with Gasteiger partial charge in [0.05, 0.1) is 0 Å². The fourth-order valence-corrected chi connectivity index (χ4v) is 0.492. The van der Waals surface area contributed by atoms with Gasteiger partial charge in [-0.1, -0.05) is 0 Å². The molecule has 0 aliphatic heterocycles. The Labute approximate surface area is 163 Å². The number of rotatable bonds is 0. The van der Waals surface area contributed by atoms with E-state index in [-0.39, 0.29) is 26.2 Å². The molecule has 0 spiro atoms. The average Bonchev–Trinajstić information content (AvgIpc) is 2.33. The maximum atomic E-state index is 10.1. The van der Waals surface area contributed by atoms with Crippen LogP contribution in [0.2, 0.25) is 0 Å². The topological polar surface area (TPSA) is 284 Å². The van der Waals surface area contributed by atoms with Gasteiger partial charge < -0.3 is 68.0 Å². The summed E-state index contributed by atoms with van der Waals surface area (Å²) in [6.45, 7) is 0. The fourth-order valence-electron chi connectivity index (χ4n) is 0.492. The van der Waals surface area contributed by atoms with Crippen molar-refractivity contribution in [2.24, 2.45) is 0 Å². The molecule has 0 aromatic heterocycles. The Morgan fingerprint density at radius 1 is 0.370 bits per heavy atom. The van der Waals surface area contributed by atoms with E-state index in [9.17, 15) is 58.8 Å². The zero-order chi connectivity index (χ0) is 20.9. The minimum Gasteiger partial charge on any atom is -0.452 e. The molecule has 0 saturated carbocycles. The summed E-state index contributed by atoms with van der Waals surface area (Å²) in [5, 5.41) is 38.0. The average molecular weight is 475 g/mol. The molecule has 0 heterocycles. The standard InChI is InChI=1S/2C4H2O9.Zr/c2*5-1(6)11-3(9)13-4(10)12-2(7)8;/h2*(H,5,6)(H,7,8);/q;;+4/p-4. The Kier molecular flexibility index (Phi) is 15.1. The number of carbonyl (C=O) groups is 8. The second kappa shape index (κ2) is 14.6. The molecule has 19 heteroatoms. The predicted molar refractivity (Wildman–Crippen MR) is 49.7 cm³/mol. The van der Waals surface area contributed by atoms with E-state index in [1.165, 1.54) is 0 Å². The summed E-state index contributed by atoms with van der Waals surface area (Å²) in [4.78, 5) is 78.3. The molecule has 0 saturated heterocycles. The van der Waals surface area contributed by atoms with Crippen molar-refractivity contribution in [1.29, 1.82) is 0 Å². The van der Waals surface area contributed by atoms with E-state index in [0.29, 0.717) is 0 Å². The number of hydrogen-bond acceptors (Lipinski definition) is 18. The fraction of sp³-hybridized carbons (Fsp3) is 0. The van der Waals surface area contributed by atoms with Crippen molar-refractivity contribution < 1.29 is 113 Å². The molecule has 0 atom stereocenters. The number of carboxylic acid groups (broad SMARTS) is 4. The third-order valence-corrected chi connectivity index (χ3v) is 1.000. The summed E-state index contributed by atoms with van der Waals surface area (Å²) in [5.41, 5.74) is 0. The summed E-state index contributed by atoms with van der Waals surface area (Å²) in [6.07, 6.45) is -17.1. The third-order valence-electron chi connectivity index (χ3n) is 1.000. The second-order valence-electron chi connectivity index (χ2n) is 2.61. The first-order valence-electron chi connectivity index (χ1n) is 4.90. The van der Waals surface area contributed by atoms with Crippen molar-refractivity contribution in [1.82, 2.24) is 0 Å². The molecule has 0 rings (SSSR count). The first-order valence-corrected chi connectivity index (χ1v) is 4.90. The minimum atomic E-state index is -2.27. The summed E-state index contributed by atoms with van der Waals surface area (Å²) >= 11 is 0. The molecule has 0 radical (unpaired) electrons. The Morgan fingerprint density at radius 2 is 0.519 bits per heavy atom. The van der Waals surface area contributed by atoms with Crippen LogP contribution in [-0.2, 0) is 54.6 Å².